The maximum Gasteiger partial charge on any atom is 0.287 e. The smallest absolute Gasteiger partial charge is 0.287 e. The molecule has 0 aliphatic rings. The molecule has 1 aromatic rings. The minimum absolute atomic E-state index is 0.217. The Bertz CT molecular complexity index is 481. The molecule has 0 aliphatic heterocycles. The van der Waals surface area contributed by atoms with Crippen molar-refractivity contribution in [3.05, 3.63) is 23.7 Å². The fraction of sp³-hybridized carbons (Fsp3) is 0.600. The van der Waals surface area contributed by atoms with Gasteiger partial charge in [-0.3, -0.25) is 9.59 Å². The summed E-state index contributed by atoms with van der Waals surface area (Å²) in [5, 5.41) is 2.71. The first kappa shape index (κ1) is 17.6. The molecule has 6 heteroatoms. The summed E-state index contributed by atoms with van der Waals surface area (Å²) in [7, 11) is 0. The fourth-order valence-electron chi connectivity index (χ4n) is 2.01. The Morgan fingerprint density at radius 3 is 2.48 bits per heavy atom. The Labute approximate surface area is 130 Å². The van der Waals surface area contributed by atoms with Crippen LogP contribution in [0, 0.1) is 0 Å². The molecular weight excluding hydrogens is 288 g/mol. The Kier molecular flexibility index (Phi) is 6.81. The van der Waals surface area contributed by atoms with Crippen LogP contribution >= 0.6 is 11.8 Å². The van der Waals surface area contributed by atoms with Crippen molar-refractivity contribution in [1.29, 1.82) is 0 Å². The van der Waals surface area contributed by atoms with Gasteiger partial charge in [-0.15, -0.1) is 0 Å². The second kappa shape index (κ2) is 8.12. The third-order valence-corrected chi connectivity index (χ3v) is 4.70. The molecule has 2 amide bonds. The highest BCUT2D eigenvalue weighted by Gasteiger charge is 2.35. The van der Waals surface area contributed by atoms with Gasteiger partial charge in [0.15, 0.2) is 5.76 Å². The summed E-state index contributed by atoms with van der Waals surface area (Å²) in [6.07, 6.45) is 2.00. The molecule has 0 saturated heterocycles. The average molecular weight is 312 g/mol. The molecule has 5 nitrogen and oxygen atoms in total. The Morgan fingerprint density at radius 1 is 1.29 bits per heavy atom. The first-order chi connectivity index (χ1) is 9.99. The van der Waals surface area contributed by atoms with E-state index < -0.39 is 17.4 Å². The number of thioether (sulfide) groups is 1. The summed E-state index contributed by atoms with van der Waals surface area (Å²) in [4.78, 5) is 23.8. The number of primary amides is 1. The van der Waals surface area contributed by atoms with Crippen LogP contribution in [-0.4, -0.2) is 23.1 Å². The van der Waals surface area contributed by atoms with Crippen LogP contribution in [0.3, 0.4) is 0 Å². The van der Waals surface area contributed by atoms with Crippen LogP contribution in [0.25, 0.3) is 0 Å². The van der Waals surface area contributed by atoms with Crippen molar-refractivity contribution in [2.75, 3.05) is 5.75 Å². The Hall–Kier alpha value is -1.43. The number of furan rings is 1. The SMILES string of the molecule is CCCSCc1ccc(C(=O)NC(CC)(CC)C(N)=O)o1. The van der Waals surface area contributed by atoms with E-state index in [4.69, 9.17) is 10.2 Å². The third-order valence-electron chi connectivity index (χ3n) is 3.51. The van der Waals surface area contributed by atoms with Gasteiger partial charge in [0.1, 0.15) is 11.3 Å². The monoisotopic (exact) mass is 312 g/mol. The maximum atomic E-state index is 12.2. The third kappa shape index (κ3) is 4.52. The molecule has 0 atom stereocenters. The molecule has 0 bridgehead atoms. The number of amides is 2. The quantitative estimate of drug-likeness (QED) is 0.687. The van der Waals surface area contributed by atoms with Gasteiger partial charge >= 0.3 is 0 Å². The summed E-state index contributed by atoms with van der Waals surface area (Å²) >= 11 is 1.76. The average Bonchev–Trinajstić information content (AvgIpc) is 2.93. The number of nitrogens with one attached hydrogen (secondary N) is 1. The summed E-state index contributed by atoms with van der Waals surface area (Å²) in [5.41, 5.74) is 4.40. The lowest BCUT2D eigenvalue weighted by Gasteiger charge is -2.28. The minimum Gasteiger partial charge on any atom is -0.455 e. The number of rotatable bonds is 9. The van der Waals surface area contributed by atoms with Crippen LogP contribution in [0.15, 0.2) is 16.5 Å². The summed E-state index contributed by atoms with van der Waals surface area (Å²) in [6.45, 7) is 5.76. The van der Waals surface area contributed by atoms with Crippen molar-refractivity contribution < 1.29 is 14.0 Å². The number of hydrogen-bond acceptors (Lipinski definition) is 4. The molecule has 0 spiro atoms. The standard InChI is InChI=1S/C15H24N2O3S/c1-4-9-21-10-11-7-8-12(20-11)13(18)17-15(5-2,6-3)14(16)19/h7-8H,4-6,9-10H2,1-3H3,(H2,16,19)(H,17,18). The van der Waals surface area contributed by atoms with Crippen molar-refractivity contribution in [2.24, 2.45) is 5.73 Å². The number of hydrogen-bond donors (Lipinski definition) is 2. The lowest BCUT2D eigenvalue weighted by Crippen LogP contribution is -2.56. The van der Waals surface area contributed by atoms with Crippen LogP contribution in [0.5, 0.6) is 0 Å². The van der Waals surface area contributed by atoms with Gasteiger partial charge in [-0.05, 0) is 37.1 Å². The Morgan fingerprint density at radius 2 is 1.95 bits per heavy atom. The highest BCUT2D eigenvalue weighted by molar-refractivity contribution is 7.98. The first-order valence-corrected chi connectivity index (χ1v) is 8.43. The number of carbonyl (C=O) groups is 2. The highest BCUT2D eigenvalue weighted by Crippen LogP contribution is 2.19. The van der Waals surface area contributed by atoms with Crippen molar-refractivity contribution in [2.45, 2.75) is 51.3 Å². The van der Waals surface area contributed by atoms with E-state index in [1.54, 1.807) is 23.9 Å². The van der Waals surface area contributed by atoms with Crippen molar-refractivity contribution >= 4 is 23.6 Å². The van der Waals surface area contributed by atoms with Crippen LogP contribution in [0.1, 0.15) is 56.3 Å². The molecule has 0 unspecified atom stereocenters. The van der Waals surface area contributed by atoms with Crippen LogP contribution in [0.2, 0.25) is 0 Å². The predicted octanol–water partition coefficient (Wildman–Crippen LogP) is 2.70. The van der Waals surface area contributed by atoms with Gasteiger partial charge in [0.2, 0.25) is 5.91 Å². The highest BCUT2D eigenvalue weighted by atomic mass is 32.2. The lowest BCUT2D eigenvalue weighted by atomic mass is 9.92. The molecule has 21 heavy (non-hydrogen) atoms. The van der Waals surface area contributed by atoms with Crippen molar-refractivity contribution in [3.63, 3.8) is 0 Å². The zero-order valence-corrected chi connectivity index (χ0v) is 13.7. The Balaban J connectivity index is 2.73. The van der Waals surface area contributed by atoms with E-state index in [9.17, 15) is 9.59 Å². The van der Waals surface area contributed by atoms with Gasteiger partial charge < -0.3 is 15.5 Å². The van der Waals surface area contributed by atoms with Crippen molar-refractivity contribution in [1.82, 2.24) is 5.32 Å². The first-order valence-electron chi connectivity index (χ1n) is 7.28. The van der Waals surface area contributed by atoms with Gasteiger partial charge in [0.25, 0.3) is 5.91 Å². The molecule has 0 fully saturated rings. The van der Waals surface area contributed by atoms with Gasteiger partial charge in [-0.25, -0.2) is 0 Å². The predicted molar refractivity (Wildman–Crippen MR) is 85.1 cm³/mol. The van der Waals surface area contributed by atoms with Crippen LogP contribution in [0.4, 0.5) is 0 Å². The molecule has 0 aliphatic carbocycles. The topological polar surface area (TPSA) is 85.3 Å². The molecular formula is C15H24N2O3S. The van der Waals surface area contributed by atoms with E-state index in [0.29, 0.717) is 12.8 Å². The van der Waals surface area contributed by atoms with Crippen LogP contribution < -0.4 is 11.1 Å². The number of carbonyl (C=O) groups excluding carboxylic acids is 2. The van der Waals surface area contributed by atoms with E-state index in [1.807, 2.05) is 13.8 Å². The van der Waals surface area contributed by atoms with Crippen molar-refractivity contribution in [3.8, 4) is 0 Å². The molecule has 118 valence electrons. The maximum absolute atomic E-state index is 12.2. The van der Waals surface area contributed by atoms with Gasteiger partial charge in [-0.2, -0.15) is 11.8 Å². The zero-order chi connectivity index (χ0) is 15.9. The largest absolute Gasteiger partial charge is 0.455 e. The number of nitrogens with two attached hydrogens (primary N) is 1. The second-order valence-corrected chi connectivity index (χ2v) is 6.03. The van der Waals surface area contributed by atoms with Gasteiger partial charge in [-0.1, -0.05) is 20.8 Å². The molecule has 1 heterocycles. The molecule has 0 radical (unpaired) electrons. The molecule has 0 aromatic carbocycles. The van der Waals surface area contributed by atoms with E-state index in [0.717, 1.165) is 23.7 Å². The summed E-state index contributed by atoms with van der Waals surface area (Å²) in [5.74, 6) is 1.85. The van der Waals surface area contributed by atoms with E-state index in [-0.39, 0.29) is 5.76 Å². The second-order valence-electron chi connectivity index (χ2n) is 4.93. The van der Waals surface area contributed by atoms with E-state index >= 15 is 0 Å². The lowest BCUT2D eigenvalue weighted by molar-refractivity contribution is -0.124. The molecule has 3 N–H and O–H groups in total. The van der Waals surface area contributed by atoms with E-state index in [2.05, 4.69) is 12.2 Å². The summed E-state index contributed by atoms with van der Waals surface area (Å²) in [6, 6.07) is 3.43. The molecule has 0 saturated carbocycles. The summed E-state index contributed by atoms with van der Waals surface area (Å²) < 4.78 is 5.52. The normalized spacial score (nSPS) is 11.4. The van der Waals surface area contributed by atoms with Gasteiger partial charge in [0.05, 0.1) is 5.75 Å². The van der Waals surface area contributed by atoms with Gasteiger partial charge in [0, 0.05) is 0 Å². The minimum atomic E-state index is -1.01. The molecule has 1 rings (SSSR count). The fourth-order valence-corrected chi connectivity index (χ4v) is 2.80. The molecule has 1 aromatic heterocycles. The van der Waals surface area contributed by atoms with Crippen LogP contribution in [-0.2, 0) is 10.5 Å². The zero-order valence-electron chi connectivity index (χ0n) is 12.9. The van der Waals surface area contributed by atoms with E-state index in [1.165, 1.54) is 0 Å².